The summed E-state index contributed by atoms with van der Waals surface area (Å²) in [4.78, 5) is 12.1. The van der Waals surface area contributed by atoms with Crippen LogP contribution in [0.4, 0.5) is 5.69 Å². The maximum atomic E-state index is 12.1. The Bertz CT molecular complexity index is 397. The number of amides is 1. The van der Waals surface area contributed by atoms with E-state index in [2.05, 4.69) is 17.6 Å². The highest BCUT2D eigenvalue weighted by Crippen LogP contribution is 2.09. The molecular weight excluding hydrogens is 252 g/mol. The first-order chi connectivity index (χ1) is 9.56. The SMILES string of the molecule is CCCC(COC)NC(C)C(=O)Nc1ccc(C)cc1. The summed E-state index contributed by atoms with van der Waals surface area (Å²) in [6.07, 6.45) is 2.06. The van der Waals surface area contributed by atoms with Gasteiger partial charge in [0, 0.05) is 18.8 Å². The lowest BCUT2D eigenvalue weighted by Gasteiger charge is -2.22. The first-order valence-corrected chi connectivity index (χ1v) is 7.19. The number of aryl methyl sites for hydroxylation is 1. The second kappa shape index (κ2) is 8.72. The van der Waals surface area contributed by atoms with E-state index < -0.39 is 0 Å². The minimum atomic E-state index is -0.247. The van der Waals surface area contributed by atoms with Gasteiger partial charge in [-0.25, -0.2) is 0 Å². The molecule has 0 radical (unpaired) electrons. The van der Waals surface area contributed by atoms with Crippen LogP contribution in [-0.4, -0.2) is 31.7 Å². The van der Waals surface area contributed by atoms with Crippen LogP contribution in [0, 0.1) is 6.92 Å². The van der Waals surface area contributed by atoms with Crippen molar-refractivity contribution in [2.45, 2.75) is 45.7 Å². The van der Waals surface area contributed by atoms with E-state index in [9.17, 15) is 4.79 Å². The smallest absolute Gasteiger partial charge is 0.241 e. The standard InChI is InChI=1S/C16H26N2O2/c1-5-6-15(11-20-4)17-13(3)16(19)18-14-9-7-12(2)8-10-14/h7-10,13,15,17H,5-6,11H2,1-4H3,(H,18,19). The molecule has 0 saturated heterocycles. The highest BCUT2D eigenvalue weighted by molar-refractivity contribution is 5.94. The number of anilines is 1. The summed E-state index contributed by atoms with van der Waals surface area (Å²) in [6.45, 7) is 6.65. The van der Waals surface area contributed by atoms with Crippen molar-refractivity contribution >= 4 is 11.6 Å². The van der Waals surface area contributed by atoms with Crippen molar-refractivity contribution in [1.82, 2.24) is 5.32 Å². The lowest BCUT2D eigenvalue weighted by atomic mass is 10.1. The number of hydrogen-bond acceptors (Lipinski definition) is 3. The van der Waals surface area contributed by atoms with Crippen molar-refractivity contribution in [1.29, 1.82) is 0 Å². The zero-order chi connectivity index (χ0) is 15.0. The molecule has 0 bridgehead atoms. The van der Waals surface area contributed by atoms with Gasteiger partial charge in [-0.15, -0.1) is 0 Å². The number of methoxy groups -OCH3 is 1. The third-order valence-electron chi connectivity index (χ3n) is 3.20. The fourth-order valence-corrected chi connectivity index (χ4v) is 2.08. The lowest BCUT2D eigenvalue weighted by Crippen LogP contribution is -2.45. The highest BCUT2D eigenvalue weighted by atomic mass is 16.5. The molecule has 112 valence electrons. The Labute approximate surface area is 121 Å². The quantitative estimate of drug-likeness (QED) is 0.768. The van der Waals surface area contributed by atoms with Gasteiger partial charge in [-0.1, -0.05) is 31.0 Å². The first-order valence-electron chi connectivity index (χ1n) is 7.19. The zero-order valence-corrected chi connectivity index (χ0v) is 12.9. The third-order valence-corrected chi connectivity index (χ3v) is 3.20. The van der Waals surface area contributed by atoms with Gasteiger partial charge >= 0.3 is 0 Å². The van der Waals surface area contributed by atoms with Gasteiger partial charge in [-0.05, 0) is 32.4 Å². The molecule has 0 aliphatic carbocycles. The number of carbonyl (C=O) groups is 1. The van der Waals surface area contributed by atoms with Crippen molar-refractivity contribution in [2.24, 2.45) is 0 Å². The topological polar surface area (TPSA) is 50.4 Å². The summed E-state index contributed by atoms with van der Waals surface area (Å²) < 4.78 is 5.17. The normalized spacial score (nSPS) is 13.8. The van der Waals surface area contributed by atoms with Gasteiger partial charge < -0.3 is 15.4 Å². The number of carbonyl (C=O) groups excluding carboxylic acids is 1. The maximum absolute atomic E-state index is 12.1. The van der Waals surface area contributed by atoms with Crippen LogP contribution in [0.3, 0.4) is 0 Å². The molecule has 0 aliphatic rings. The van der Waals surface area contributed by atoms with E-state index in [0.29, 0.717) is 6.61 Å². The molecule has 1 aromatic rings. The Morgan fingerprint density at radius 3 is 2.50 bits per heavy atom. The predicted molar refractivity (Wildman–Crippen MR) is 83.0 cm³/mol. The van der Waals surface area contributed by atoms with E-state index in [-0.39, 0.29) is 18.0 Å². The van der Waals surface area contributed by atoms with Crippen LogP contribution in [0.25, 0.3) is 0 Å². The van der Waals surface area contributed by atoms with Crippen molar-refractivity contribution in [3.8, 4) is 0 Å². The van der Waals surface area contributed by atoms with Gasteiger partial charge in [-0.2, -0.15) is 0 Å². The monoisotopic (exact) mass is 278 g/mol. The molecule has 0 aromatic heterocycles. The Balaban J connectivity index is 2.50. The molecule has 2 unspecified atom stereocenters. The van der Waals surface area contributed by atoms with Crippen LogP contribution in [0.5, 0.6) is 0 Å². The second-order valence-electron chi connectivity index (χ2n) is 5.18. The highest BCUT2D eigenvalue weighted by Gasteiger charge is 2.17. The van der Waals surface area contributed by atoms with Crippen molar-refractivity contribution in [2.75, 3.05) is 19.0 Å². The minimum Gasteiger partial charge on any atom is -0.383 e. The predicted octanol–water partition coefficient (Wildman–Crippen LogP) is 2.73. The molecule has 1 aromatic carbocycles. The number of nitrogens with one attached hydrogen (secondary N) is 2. The molecule has 1 rings (SSSR count). The summed E-state index contributed by atoms with van der Waals surface area (Å²) in [7, 11) is 1.68. The summed E-state index contributed by atoms with van der Waals surface area (Å²) in [5.41, 5.74) is 2.00. The molecule has 4 heteroatoms. The molecule has 20 heavy (non-hydrogen) atoms. The van der Waals surface area contributed by atoms with E-state index in [1.165, 1.54) is 5.56 Å². The second-order valence-corrected chi connectivity index (χ2v) is 5.18. The van der Waals surface area contributed by atoms with Gasteiger partial charge in [-0.3, -0.25) is 4.79 Å². The van der Waals surface area contributed by atoms with E-state index in [1.54, 1.807) is 7.11 Å². The molecule has 0 fully saturated rings. The Kier molecular flexibility index (Phi) is 7.26. The van der Waals surface area contributed by atoms with E-state index in [0.717, 1.165) is 18.5 Å². The Morgan fingerprint density at radius 2 is 1.95 bits per heavy atom. The fourth-order valence-electron chi connectivity index (χ4n) is 2.08. The molecule has 2 atom stereocenters. The summed E-state index contributed by atoms with van der Waals surface area (Å²) in [6, 6.07) is 7.76. The van der Waals surface area contributed by atoms with Crippen LogP contribution in [0.15, 0.2) is 24.3 Å². The molecular formula is C16H26N2O2. The van der Waals surface area contributed by atoms with Gasteiger partial charge in [0.05, 0.1) is 12.6 Å². The van der Waals surface area contributed by atoms with Crippen molar-refractivity contribution in [3.05, 3.63) is 29.8 Å². The van der Waals surface area contributed by atoms with Crippen molar-refractivity contribution < 1.29 is 9.53 Å². The van der Waals surface area contributed by atoms with E-state index >= 15 is 0 Å². The van der Waals surface area contributed by atoms with Crippen LogP contribution < -0.4 is 10.6 Å². The molecule has 0 saturated carbocycles. The van der Waals surface area contributed by atoms with Gasteiger partial charge in [0.2, 0.25) is 5.91 Å². The lowest BCUT2D eigenvalue weighted by molar-refractivity contribution is -0.118. The largest absolute Gasteiger partial charge is 0.383 e. The summed E-state index contributed by atoms with van der Waals surface area (Å²) in [5, 5.41) is 6.23. The number of ether oxygens (including phenoxy) is 1. The number of hydrogen-bond donors (Lipinski definition) is 2. The van der Waals surface area contributed by atoms with E-state index in [4.69, 9.17) is 4.74 Å². The average molecular weight is 278 g/mol. The maximum Gasteiger partial charge on any atom is 0.241 e. The number of benzene rings is 1. The van der Waals surface area contributed by atoms with Crippen LogP contribution in [0.1, 0.15) is 32.3 Å². The molecule has 4 nitrogen and oxygen atoms in total. The molecule has 0 spiro atoms. The molecule has 0 heterocycles. The molecule has 2 N–H and O–H groups in total. The van der Waals surface area contributed by atoms with Gasteiger partial charge in [0.1, 0.15) is 0 Å². The molecule has 1 amide bonds. The van der Waals surface area contributed by atoms with Crippen LogP contribution in [0.2, 0.25) is 0 Å². The first kappa shape index (κ1) is 16.7. The Morgan fingerprint density at radius 1 is 1.30 bits per heavy atom. The van der Waals surface area contributed by atoms with E-state index in [1.807, 2.05) is 38.1 Å². The Hall–Kier alpha value is -1.39. The average Bonchev–Trinajstić information content (AvgIpc) is 2.42. The summed E-state index contributed by atoms with van der Waals surface area (Å²) >= 11 is 0. The summed E-state index contributed by atoms with van der Waals surface area (Å²) in [5.74, 6) is -0.0222. The van der Waals surface area contributed by atoms with Crippen molar-refractivity contribution in [3.63, 3.8) is 0 Å². The fraction of sp³-hybridized carbons (Fsp3) is 0.562. The minimum absolute atomic E-state index is 0.0222. The third kappa shape index (κ3) is 5.72. The van der Waals surface area contributed by atoms with Gasteiger partial charge in [0.25, 0.3) is 0 Å². The van der Waals surface area contributed by atoms with Crippen LogP contribution >= 0.6 is 0 Å². The molecule has 0 aliphatic heterocycles. The zero-order valence-electron chi connectivity index (χ0n) is 12.9. The number of rotatable bonds is 8. The van der Waals surface area contributed by atoms with Gasteiger partial charge in [0.15, 0.2) is 0 Å². The van der Waals surface area contributed by atoms with Crippen LogP contribution in [-0.2, 0) is 9.53 Å².